The van der Waals surface area contributed by atoms with E-state index in [2.05, 4.69) is 24.5 Å². The molecule has 0 aromatic carbocycles. The smallest absolute Gasteiger partial charge is 0.243 e. The minimum atomic E-state index is -0.599. The molecule has 9 nitrogen and oxygen atoms in total. The number of carbonyl (C=O) groups excluding carboxylic acids is 5. The first kappa shape index (κ1) is 39.7. The average molecular weight is 647 g/mol. The maximum Gasteiger partial charge on any atom is 0.243 e. The lowest BCUT2D eigenvalue weighted by molar-refractivity contribution is -0.139. The van der Waals surface area contributed by atoms with Crippen LogP contribution in [0.25, 0.3) is 0 Å². The molecule has 0 bridgehead atoms. The van der Waals surface area contributed by atoms with Crippen molar-refractivity contribution in [2.24, 2.45) is 0 Å². The summed E-state index contributed by atoms with van der Waals surface area (Å²) in [5, 5.41) is 5.92. The van der Waals surface area contributed by atoms with Gasteiger partial charge < -0.3 is 20.4 Å². The molecule has 4 amide bonds. The van der Waals surface area contributed by atoms with Crippen molar-refractivity contribution >= 4 is 29.4 Å². The Morgan fingerprint density at radius 1 is 0.609 bits per heavy atom. The van der Waals surface area contributed by atoms with E-state index >= 15 is 0 Å². The second-order valence-electron chi connectivity index (χ2n) is 13.7. The number of hydrogen-bond donors (Lipinski definition) is 2. The molecule has 3 atom stereocenters. The average Bonchev–Trinajstić information content (AvgIpc) is 3.74. The second-order valence-corrected chi connectivity index (χ2v) is 13.7. The topological polar surface area (TPSA) is 116 Å². The molecule has 0 saturated carbocycles. The van der Waals surface area contributed by atoms with Crippen LogP contribution in [-0.4, -0.2) is 77.0 Å². The Hall–Kier alpha value is -2.45. The van der Waals surface area contributed by atoms with Gasteiger partial charge >= 0.3 is 0 Å². The van der Waals surface area contributed by atoms with E-state index in [1.165, 1.54) is 64.7 Å². The summed E-state index contributed by atoms with van der Waals surface area (Å²) in [6.45, 7) is 7.62. The highest BCUT2D eigenvalue weighted by atomic mass is 16.2. The predicted octanol–water partition coefficient (Wildman–Crippen LogP) is 6.61. The van der Waals surface area contributed by atoms with Crippen LogP contribution in [0.2, 0.25) is 0 Å². The van der Waals surface area contributed by atoms with Gasteiger partial charge in [0.15, 0.2) is 5.78 Å². The van der Waals surface area contributed by atoms with E-state index in [1.807, 2.05) is 0 Å². The molecule has 2 N–H and O–H groups in total. The first-order chi connectivity index (χ1) is 22.3. The molecular weight excluding hydrogens is 580 g/mol. The zero-order valence-corrected chi connectivity index (χ0v) is 29.6. The third-order valence-corrected chi connectivity index (χ3v) is 9.77. The van der Waals surface area contributed by atoms with Crippen molar-refractivity contribution in [2.45, 2.75) is 187 Å². The van der Waals surface area contributed by atoms with E-state index in [0.29, 0.717) is 64.6 Å². The first-order valence-electron chi connectivity index (χ1n) is 19.0. The highest BCUT2D eigenvalue weighted by Crippen LogP contribution is 2.22. The normalized spacial score (nSPS) is 18.5. The summed E-state index contributed by atoms with van der Waals surface area (Å²) in [6.07, 6.45) is 22.0. The number of hydrogen-bond acceptors (Lipinski definition) is 5. The zero-order valence-electron chi connectivity index (χ0n) is 29.6. The summed E-state index contributed by atoms with van der Waals surface area (Å²) in [4.78, 5) is 67.6. The standard InChI is InChI=1S/C37H66N4O5/c1-4-6-8-10-12-14-16-25-34(43)40-28-20-23-32(40)36(45)38-27-19-18-22-31(30(3)42)39-37(46)33-24-21-29-41(33)35(44)26-17-15-13-11-9-7-5-2/h31-33H,4-29H2,1-3H3,(H,38,45)(H,39,46). The Labute approximate surface area is 279 Å². The third-order valence-electron chi connectivity index (χ3n) is 9.77. The minimum absolute atomic E-state index is 0.0432. The molecule has 2 aliphatic rings. The molecular formula is C37H66N4O5. The molecule has 2 rings (SSSR count). The van der Waals surface area contributed by atoms with Crippen LogP contribution >= 0.6 is 0 Å². The van der Waals surface area contributed by atoms with Gasteiger partial charge in [-0.3, -0.25) is 24.0 Å². The predicted molar refractivity (Wildman–Crippen MR) is 184 cm³/mol. The van der Waals surface area contributed by atoms with Gasteiger partial charge in [-0.2, -0.15) is 0 Å². The van der Waals surface area contributed by atoms with Gasteiger partial charge in [-0.1, -0.05) is 90.9 Å². The lowest BCUT2D eigenvalue weighted by Crippen LogP contribution is -2.50. The molecule has 2 aliphatic heterocycles. The number of Topliss-reactive ketones (excluding diaryl/α,β-unsaturated/α-hetero) is 1. The van der Waals surface area contributed by atoms with Crippen LogP contribution in [0.4, 0.5) is 0 Å². The molecule has 2 heterocycles. The van der Waals surface area contributed by atoms with Crippen LogP contribution in [0.15, 0.2) is 0 Å². The van der Waals surface area contributed by atoms with E-state index in [9.17, 15) is 24.0 Å². The molecule has 0 spiro atoms. The monoisotopic (exact) mass is 647 g/mol. The van der Waals surface area contributed by atoms with Crippen LogP contribution in [0.1, 0.15) is 168 Å². The number of ketones is 1. The fourth-order valence-corrected chi connectivity index (χ4v) is 6.88. The highest BCUT2D eigenvalue weighted by molar-refractivity contribution is 5.92. The van der Waals surface area contributed by atoms with Crippen LogP contribution in [0.5, 0.6) is 0 Å². The molecule has 3 unspecified atom stereocenters. The molecule has 0 aromatic rings. The summed E-state index contributed by atoms with van der Waals surface area (Å²) in [7, 11) is 0. The van der Waals surface area contributed by atoms with Crippen LogP contribution in [0.3, 0.4) is 0 Å². The van der Waals surface area contributed by atoms with Gasteiger partial charge in [-0.05, 0) is 64.7 Å². The summed E-state index contributed by atoms with van der Waals surface area (Å²) < 4.78 is 0. The summed E-state index contributed by atoms with van der Waals surface area (Å²) >= 11 is 0. The molecule has 46 heavy (non-hydrogen) atoms. The maximum absolute atomic E-state index is 13.2. The number of unbranched alkanes of at least 4 members (excludes halogenated alkanes) is 13. The lowest BCUT2D eigenvalue weighted by Gasteiger charge is -2.26. The van der Waals surface area contributed by atoms with Gasteiger partial charge in [0.05, 0.1) is 6.04 Å². The molecule has 2 saturated heterocycles. The number of nitrogens with zero attached hydrogens (tertiary/aromatic N) is 2. The first-order valence-corrected chi connectivity index (χ1v) is 19.0. The van der Waals surface area contributed by atoms with Gasteiger partial charge in [0, 0.05) is 32.5 Å². The number of likely N-dealkylation sites (tertiary alicyclic amines) is 2. The summed E-state index contributed by atoms with van der Waals surface area (Å²) in [5.74, 6) is -0.295. The Morgan fingerprint density at radius 2 is 1.07 bits per heavy atom. The number of nitrogens with one attached hydrogen (secondary N) is 2. The SMILES string of the molecule is CCCCCCCCCC(=O)N1CCCC1C(=O)NCCCCC(NC(=O)C1CCCN1C(=O)CCCCCCCCC)C(C)=O. The van der Waals surface area contributed by atoms with Crippen molar-refractivity contribution in [1.82, 2.24) is 20.4 Å². The van der Waals surface area contributed by atoms with Crippen molar-refractivity contribution in [3.63, 3.8) is 0 Å². The number of carbonyl (C=O) groups is 5. The van der Waals surface area contributed by atoms with Crippen LogP contribution < -0.4 is 10.6 Å². The molecule has 0 aliphatic carbocycles. The van der Waals surface area contributed by atoms with Gasteiger partial charge in [0.1, 0.15) is 12.1 Å². The zero-order chi connectivity index (χ0) is 33.6. The number of amides is 4. The van der Waals surface area contributed by atoms with E-state index in [0.717, 1.165) is 44.9 Å². The molecule has 264 valence electrons. The molecule has 2 fully saturated rings. The van der Waals surface area contributed by atoms with Gasteiger partial charge in [0.25, 0.3) is 0 Å². The van der Waals surface area contributed by atoms with Crippen molar-refractivity contribution in [2.75, 3.05) is 19.6 Å². The molecule has 9 heteroatoms. The highest BCUT2D eigenvalue weighted by Gasteiger charge is 2.35. The van der Waals surface area contributed by atoms with Gasteiger partial charge in [-0.25, -0.2) is 0 Å². The van der Waals surface area contributed by atoms with E-state index in [-0.39, 0.29) is 35.5 Å². The lowest BCUT2D eigenvalue weighted by atomic mass is 10.0. The largest absolute Gasteiger partial charge is 0.354 e. The van der Waals surface area contributed by atoms with Crippen LogP contribution in [-0.2, 0) is 24.0 Å². The molecule has 0 radical (unpaired) electrons. The van der Waals surface area contributed by atoms with Crippen LogP contribution in [0, 0.1) is 0 Å². The second kappa shape index (κ2) is 23.8. The Balaban J connectivity index is 1.67. The quantitative estimate of drug-likeness (QED) is 0.108. The van der Waals surface area contributed by atoms with E-state index in [1.54, 1.807) is 9.80 Å². The fraction of sp³-hybridized carbons (Fsp3) is 0.865. The third kappa shape index (κ3) is 15.0. The number of rotatable bonds is 25. The fourth-order valence-electron chi connectivity index (χ4n) is 6.88. The van der Waals surface area contributed by atoms with Crippen molar-refractivity contribution in [1.29, 1.82) is 0 Å². The Morgan fingerprint density at radius 3 is 1.54 bits per heavy atom. The Kier molecular flexibility index (Phi) is 20.6. The van der Waals surface area contributed by atoms with Crippen molar-refractivity contribution in [3.05, 3.63) is 0 Å². The van der Waals surface area contributed by atoms with Gasteiger partial charge in [-0.15, -0.1) is 0 Å². The summed E-state index contributed by atoms with van der Waals surface area (Å²) in [5.41, 5.74) is 0. The maximum atomic E-state index is 13.2. The minimum Gasteiger partial charge on any atom is -0.354 e. The summed E-state index contributed by atoms with van der Waals surface area (Å²) in [6, 6.07) is -1.48. The van der Waals surface area contributed by atoms with Gasteiger partial charge in [0.2, 0.25) is 23.6 Å². The van der Waals surface area contributed by atoms with E-state index in [4.69, 9.17) is 0 Å². The molecule has 0 aromatic heterocycles. The van der Waals surface area contributed by atoms with Crippen molar-refractivity contribution in [3.8, 4) is 0 Å². The van der Waals surface area contributed by atoms with Crippen molar-refractivity contribution < 1.29 is 24.0 Å². The Bertz CT molecular complexity index is 925. The van der Waals surface area contributed by atoms with E-state index < -0.39 is 12.1 Å².